The highest BCUT2D eigenvalue weighted by molar-refractivity contribution is 6.00. The molecule has 3 N–H and O–H groups in total. The zero-order valence-electron chi connectivity index (χ0n) is 11.9. The van der Waals surface area contributed by atoms with Gasteiger partial charge in [-0.15, -0.1) is 0 Å². The molecule has 0 fully saturated rings. The smallest absolute Gasteiger partial charge is 0.323 e. The fraction of sp³-hybridized carbons (Fsp3) is 0.125. The standard InChI is InChI=1S/C16H16N4O/c1-10-4-3-5-12(8-10)19-16(21)20-13-6-7-14-15(9-13)18-11(2)17-14/h3-9H,1-2H3,(H,17,18)(H2,19,20,21). The number of hydrogen-bond donors (Lipinski definition) is 3. The van der Waals surface area contributed by atoms with Crippen LogP contribution in [-0.2, 0) is 0 Å². The van der Waals surface area contributed by atoms with E-state index in [9.17, 15) is 4.79 Å². The lowest BCUT2D eigenvalue weighted by Gasteiger charge is -2.08. The minimum Gasteiger partial charge on any atom is -0.342 e. The minimum absolute atomic E-state index is 0.267. The maximum absolute atomic E-state index is 12.0. The summed E-state index contributed by atoms with van der Waals surface area (Å²) in [4.78, 5) is 19.5. The van der Waals surface area contributed by atoms with E-state index < -0.39 is 0 Å². The van der Waals surface area contributed by atoms with Crippen molar-refractivity contribution in [2.45, 2.75) is 13.8 Å². The molecule has 2 aromatic carbocycles. The van der Waals surface area contributed by atoms with Crippen LogP contribution in [0.3, 0.4) is 0 Å². The molecule has 21 heavy (non-hydrogen) atoms. The quantitative estimate of drug-likeness (QED) is 0.667. The van der Waals surface area contributed by atoms with E-state index >= 15 is 0 Å². The van der Waals surface area contributed by atoms with E-state index in [4.69, 9.17) is 0 Å². The molecule has 1 aromatic heterocycles. The molecule has 2 amide bonds. The molecule has 0 radical (unpaired) electrons. The zero-order valence-corrected chi connectivity index (χ0v) is 11.9. The van der Waals surface area contributed by atoms with Gasteiger partial charge in [-0.3, -0.25) is 0 Å². The number of carbonyl (C=O) groups is 1. The molecule has 3 aromatic rings. The number of nitrogens with one attached hydrogen (secondary N) is 3. The highest BCUT2D eigenvalue weighted by Crippen LogP contribution is 2.17. The van der Waals surface area contributed by atoms with Crippen molar-refractivity contribution in [1.29, 1.82) is 0 Å². The Hall–Kier alpha value is -2.82. The lowest BCUT2D eigenvalue weighted by Crippen LogP contribution is -2.19. The first-order chi connectivity index (χ1) is 10.1. The van der Waals surface area contributed by atoms with Gasteiger partial charge in [-0.2, -0.15) is 0 Å². The Morgan fingerprint density at radius 1 is 1.05 bits per heavy atom. The first-order valence-corrected chi connectivity index (χ1v) is 6.71. The summed E-state index contributed by atoms with van der Waals surface area (Å²) in [6.45, 7) is 3.88. The SMILES string of the molecule is Cc1cccc(NC(=O)Nc2ccc3nc(C)[nH]c3c2)c1. The summed E-state index contributed by atoms with van der Waals surface area (Å²) in [7, 11) is 0. The second-order valence-electron chi connectivity index (χ2n) is 5.00. The number of H-pyrrole nitrogens is 1. The first-order valence-electron chi connectivity index (χ1n) is 6.71. The molecule has 0 atom stereocenters. The van der Waals surface area contributed by atoms with E-state index in [0.29, 0.717) is 0 Å². The normalized spacial score (nSPS) is 10.6. The zero-order chi connectivity index (χ0) is 14.8. The van der Waals surface area contributed by atoms with E-state index in [1.54, 1.807) is 0 Å². The molecule has 1 heterocycles. The molecule has 0 aliphatic rings. The van der Waals surface area contributed by atoms with Crippen LogP contribution in [0, 0.1) is 13.8 Å². The average molecular weight is 280 g/mol. The molecule has 0 unspecified atom stereocenters. The van der Waals surface area contributed by atoms with E-state index in [2.05, 4.69) is 20.6 Å². The van der Waals surface area contributed by atoms with E-state index in [1.807, 2.05) is 56.3 Å². The molecule has 0 saturated carbocycles. The van der Waals surface area contributed by atoms with Gasteiger partial charge in [0.2, 0.25) is 0 Å². The van der Waals surface area contributed by atoms with Crippen LogP contribution in [0.25, 0.3) is 11.0 Å². The number of aromatic amines is 1. The third kappa shape index (κ3) is 3.02. The molecule has 0 saturated heterocycles. The van der Waals surface area contributed by atoms with Gasteiger partial charge in [-0.1, -0.05) is 12.1 Å². The Balaban J connectivity index is 1.73. The van der Waals surface area contributed by atoms with Crippen molar-refractivity contribution in [2.24, 2.45) is 0 Å². The summed E-state index contributed by atoms with van der Waals surface area (Å²) in [5.41, 5.74) is 4.38. The highest BCUT2D eigenvalue weighted by Gasteiger charge is 2.05. The Morgan fingerprint density at radius 2 is 1.81 bits per heavy atom. The van der Waals surface area contributed by atoms with Crippen LogP contribution >= 0.6 is 0 Å². The predicted molar refractivity (Wildman–Crippen MR) is 84.7 cm³/mol. The van der Waals surface area contributed by atoms with Gasteiger partial charge in [0.05, 0.1) is 11.0 Å². The number of aromatic nitrogens is 2. The third-order valence-corrected chi connectivity index (χ3v) is 3.13. The Bertz CT molecular complexity index is 807. The number of hydrogen-bond acceptors (Lipinski definition) is 2. The topological polar surface area (TPSA) is 69.8 Å². The van der Waals surface area contributed by atoms with Crippen LogP contribution < -0.4 is 10.6 Å². The summed E-state index contributed by atoms with van der Waals surface area (Å²) < 4.78 is 0. The molecule has 5 heteroatoms. The minimum atomic E-state index is -0.267. The van der Waals surface area contributed by atoms with Crippen LogP contribution in [-0.4, -0.2) is 16.0 Å². The number of rotatable bonds is 2. The molecular weight excluding hydrogens is 264 g/mol. The Morgan fingerprint density at radius 3 is 2.57 bits per heavy atom. The number of fused-ring (bicyclic) bond motifs is 1. The second kappa shape index (κ2) is 5.28. The van der Waals surface area contributed by atoms with Gasteiger partial charge in [-0.25, -0.2) is 9.78 Å². The van der Waals surface area contributed by atoms with Gasteiger partial charge in [0.1, 0.15) is 5.82 Å². The summed E-state index contributed by atoms with van der Waals surface area (Å²) >= 11 is 0. The monoisotopic (exact) mass is 280 g/mol. The molecule has 5 nitrogen and oxygen atoms in total. The fourth-order valence-corrected chi connectivity index (χ4v) is 2.23. The number of imidazole rings is 1. The maximum Gasteiger partial charge on any atom is 0.323 e. The van der Waals surface area contributed by atoms with Gasteiger partial charge in [0.15, 0.2) is 0 Å². The van der Waals surface area contributed by atoms with Crippen molar-refractivity contribution in [3.05, 3.63) is 53.9 Å². The third-order valence-electron chi connectivity index (χ3n) is 3.13. The van der Waals surface area contributed by atoms with Crippen molar-refractivity contribution in [3.8, 4) is 0 Å². The van der Waals surface area contributed by atoms with E-state index in [1.165, 1.54) is 0 Å². The van der Waals surface area contributed by atoms with Gasteiger partial charge in [0, 0.05) is 11.4 Å². The van der Waals surface area contributed by atoms with Crippen molar-refractivity contribution < 1.29 is 4.79 Å². The molecule has 0 aliphatic carbocycles. The maximum atomic E-state index is 12.0. The van der Waals surface area contributed by atoms with Crippen LogP contribution in [0.1, 0.15) is 11.4 Å². The summed E-state index contributed by atoms with van der Waals surface area (Å²) in [5.74, 6) is 0.853. The molecule has 3 rings (SSSR count). The summed E-state index contributed by atoms with van der Waals surface area (Å²) in [6, 6.07) is 13.0. The molecule has 106 valence electrons. The number of nitrogens with zero attached hydrogens (tertiary/aromatic N) is 1. The number of urea groups is 1. The van der Waals surface area contributed by atoms with Crippen LogP contribution in [0.15, 0.2) is 42.5 Å². The molecule has 0 aliphatic heterocycles. The number of carbonyl (C=O) groups excluding carboxylic acids is 1. The molecule has 0 spiro atoms. The second-order valence-corrected chi connectivity index (χ2v) is 5.00. The van der Waals surface area contributed by atoms with Gasteiger partial charge in [-0.05, 0) is 49.7 Å². The lowest BCUT2D eigenvalue weighted by molar-refractivity contribution is 0.262. The highest BCUT2D eigenvalue weighted by atomic mass is 16.2. The largest absolute Gasteiger partial charge is 0.342 e. The van der Waals surface area contributed by atoms with Gasteiger partial charge < -0.3 is 15.6 Å². The number of amides is 2. The number of anilines is 2. The lowest BCUT2D eigenvalue weighted by atomic mass is 10.2. The summed E-state index contributed by atoms with van der Waals surface area (Å²) in [5, 5.41) is 5.62. The first kappa shape index (κ1) is 13.2. The van der Waals surface area contributed by atoms with Crippen LogP contribution in [0.4, 0.5) is 16.2 Å². The van der Waals surface area contributed by atoms with Gasteiger partial charge in [0.25, 0.3) is 0 Å². The van der Waals surface area contributed by atoms with Crippen LogP contribution in [0.2, 0.25) is 0 Å². The number of benzene rings is 2. The number of aryl methyl sites for hydroxylation is 2. The van der Waals surface area contributed by atoms with E-state index in [0.717, 1.165) is 33.8 Å². The molecule has 0 bridgehead atoms. The summed E-state index contributed by atoms with van der Waals surface area (Å²) in [6.07, 6.45) is 0. The van der Waals surface area contributed by atoms with E-state index in [-0.39, 0.29) is 6.03 Å². The van der Waals surface area contributed by atoms with Gasteiger partial charge >= 0.3 is 6.03 Å². The molecular formula is C16H16N4O. The van der Waals surface area contributed by atoms with Crippen molar-refractivity contribution in [3.63, 3.8) is 0 Å². The fourth-order valence-electron chi connectivity index (χ4n) is 2.23. The average Bonchev–Trinajstić information content (AvgIpc) is 2.78. The van der Waals surface area contributed by atoms with Crippen LogP contribution in [0.5, 0.6) is 0 Å². The van der Waals surface area contributed by atoms with Crippen molar-refractivity contribution >= 4 is 28.4 Å². The van der Waals surface area contributed by atoms with Crippen molar-refractivity contribution in [1.82, 2.24) is 9.97 Å². The Kier molecular flexibility index (Phi) is 3.31. The Labute approximate surface area is 122 Å². The predicted octanol–water partition coefficient (Wildman–Crippen LogP) is 3.82. The van der Waals surface area contributed by atoms with Crippen molar-refractivity contribution in [2.75, 3.05) is 10.6 Å².